The molecule has 0 unspecified atom stereocenters. The first-order chi connectivity index (χ1) is 9.83. The van der Waals surface area contributed by atoms with Crippen LogP contribution in [0.4, 0.5) is 0 Å². The third-order valence-electron chi connectivity index (χ3n) is 3.59. The number of hydrogen-bond acceptors (Lipinski definition) is 5. The number of amides is 1. The Hall–Kier alpha value is -1.69. The lowest BCUT2D eigenvalue weighted by Crippen LogP contribution is -2.31. The molecular weight excluding hydrogens is 274 g/mol. The van der Waals surface area contributed by atoms with Gasteiger partial charge in [-0.2, -0.15) is 0 Å². The first-order valence-electron chi connectivity index (χ1n) is 6.97. The normalized spacial score (nSPS) is 16.2. The van der Waals surface area contributed by atoms with Gasteiger partial charge < -0.3 is 9.73 Å². The molecule has 1 aliphatic carbocycles. The fourth-order valence-electron chi connectivity index (χ4n) is 2.50. The number of rotatable bonds is 4. The number of carbonyl (C=O) groups is 1. The zero-order valence-electron chi connectivity index (χ0n) is 11.2. The second-order valence-electron chi connectivity index (χ2n) is 5.03. The SMILES string of the molecule is O=C(NCc1nnc(-c2cccs2)o1)C1CCCCC1. The highest BCUT2D eigenvalue weighted by molar-refractivity contribution is 7.13. The van der Waals surface area contributed by atoms with Gasteiger partial charge in [0, 0.05) is 5.92 Å². The summed E-state index contributed by atoms with van der Waals surface area (Å²) in [5, 5.41) is 12.8. The molecule has 1 amide bonds. The van der Waals surface area contributed by atoms with Gasteiger partial charge in [-0.15, -0.1) is 21.5 Å². The molecule has 0 bridgehead atoms. The van der Waals surface area contributed by atoms with Crippen LogP contribution < -0.4 is 5.32 Å². The third kappa shape index (κ3) is 3.07. The summed E-state index contributed by atoms with van der Waals surface area (Å²) >= 11 is 1.55. The van der Waals surface area contributed by atoms with Crippen LogP contribution in [0.3, 0.4) is 0 Å². The van der Waals surface area contributed by atoms with E-state index in [9.17, 15) is 4.79 Å². The van der Waals surface area contributed by atoms with E-state index in [0.29, 0.717) is 18.3 Å². The van der Waals surface area contributed by atoms with E-state index < -0.39 is 0 Å². The molecule has 0 aliphatic heterocycles. The molecule has 20 heavy (non-hydrogen) atoms. The summed E-state index contributed by atoms with van der Waals surface area (Å²) in [5.74, 6) is 1.24. The van der Waals surface area contributed by atoms with E-state index in [-0.39, 0.29) is 11.8 Å². The Morgan fingerprint density at radius 3 is 2.95 bits per heavy atom. The molecule has 2 heterocycles. The summed E-state index contributed by atoms with van der Waals surface area (Å²) < 4.78 is 5.54. The highest BCUT2D eigenvalue weighted by Crippen LogP contribution is 2.24. The summed E-state index contributed by atoms with van der Waals surface area (Å²) in [6, 6.07) is 3.87. The molecule has 0 spiro atoms. The monoisotopic (exact) mass is 291 g/mol. The molecular formula is C14H17N3O2S. The van der Waals surface area contributed by atoms with Gasteiger partial charge in [0.05, 0.1) is 11.4 Å². The summed E-state index contributed by atoms with van der Waals surface area (Å²) in [6.45, 7) is 0.313. The van der Waals surface area contributed by atoms with Crippen molar-refractivity contribution in [2.45, 2.75) is 38.6 Å². The average Bonchev–Trinajstić information content (AvgIpc) is 3.16. The minimum absolute atomic E-state index is 0.112. The van der Waals surface area contributed by atoms with Crippen molar-refractivity contribution >= 4 is 17.2 Å². The lowest BCUT2D eigenvalue weighted by molar-refractivity contribution is -0.126. The van der Waals surface area contributed by atoms with Gasteiger partial charge in [-0.05, 0) is 24.3 Å². The van der Waals surface area contributed by atoms with Crippen LogP contribution in [-0.4, -0.2) is 16.1 Å². The Bertz CT molecular complexity index is 559. The van der Waals surface area contributed by atoms with Crippen LogP contribution in [0.1, 0.15) is 38.0 Å². The van der Waals surface area contributed by atoms with Gasteiger partial charge in [-0.25, -0.2) is 0 Å². The molecule has 1 saturated carbocycles. The molecule has 0 atom stereocenters. The Morgan fingerprint density at radius 1 is 1.35 bits per heavy atom. The predicted octanol–water partition coefficient (Wildman–Crippen LogP) is 2.99. The number of nitrogens with zero attached hydrogens (tertiary/aromatic N) is 2. The highest BCUT2D eigenvalue weighted by atomic mass is 32.1. The first kappa shape index (κ1) is 13.3. The van der Waals surface area contributed by atoms with Crippen molar-refractivity contribution < 1.29 is 9.21 Å². The number of thiophene rings is 1. The average molecular weight is 291 g/mol. The predicted molar refractivity (Wildman–Crippen MR) is 76.0 cm³/mol. The Labute approximate surface area is 121 Å². The molecule has 1 N–H and O–H groups in total. The molecule has 1 aliphatic rings. The lowest BCUT2D eigenvalue weighted by Gasteiger charge is -2.20. The van der Waals surface area contributed by atoms with Crippen molar-refractivity contribution in [2.75, 3.05) is 0 Å². The Morgan fingerprint density at radius 2 is 2.20 bits per heavy atom. The lowest BCUT2D eigenvalue weighted by atomic mass is 9.89. The number of hydrogen-bond donors (Lipinski definition) is 1. The molecule has 0 saturated heterocycles. The van der Waals surface area contributed by atoms with Crippen LogP contribution in [0.15, 0.2) is 21.9 Å². The summed E-state index contributed by atoms with van der Waals surface area (Å²) in [4.78, 5) is 13.0. The summed E-state index contributed by atoms with van der Waals surface area (Å²) in [7, 11) is 0. The van der Waals surface area contributed by atoms with E-state index in [0.717, 1.165) is 30.6 Å². The molecule has 106 valence electrons. The van der Waals surface area contributed by atoms with E-state index in [1.165, 1.54) is 6.42 Å². The molecule has 2 aromatic rings. The molecule has 5 nitrogen and oxygen atoms in total. The molecule has 0 radical (unpaired) electrons. The van der Waals surface area contributed by atoms with Crippen LogP contribution in [0.25, 0.3) is 10.8 Å². The van der Waals surface area contributed by atoms with Crippen molar-refractivity contribution in [3.63, 3.8) is 0 Å². The van der Waals surface area contributed by atoms with Gasteiger partial charge in [0.25, 0.3) is 5.89 Å². The zero-order valence-corrected chi connectivity index (χ0v) is 12.0. The molecule has 6 heteroatoms. The minimum atomic E-state index is 0.112. The maximum absolute atomic E-state index is 12.0. The van der Waals surface area contributed by atoms with Gasteiger partial charge in [-0.3, -0.25) is 4.79 Å². The van der Waals surface area contributed by atoms with E-state index in [4.69, 9.17) is 4.42 Å². The van der Waals surface area contributed by atoms with Gasteiger partial charge >= 0.3 is 0 Å². The number of carbonyl (C=O) groups excluding carboxylic acids is 1. The van der Waals surface area contributed by atoms with Crippen LogP contribution in [-0.2, 0) is 11.3 Å². The van der Waals surface area contributed by atoms with Crippen LogP contribution in [0.2, 0.25) is 0 Å². The zero-order chi connectivity index (χ0) is 13.8. The maximum atomic E-state index is 12.0. The quantitative estimate of drug-likeness (QED) is 0.940. The fraction of sp³-hybridized carbons (Fsp3) is 0.500. The van der Waals surface area contributed by atoms with Crippen molar-refractivity contribution in [1.29, 1.82) is 0 Å². The summed E-state index contributed by atoms with van der Waals surface area (Å²) in [6.07, 6.45) is 5.55. The summed E-state index contributed by atoms with van der Waals surface area (Å²) in [5.41, 5.74) is 0. The molecule has 2 aromatic heterocycles. The van der Waals surface area contributed by atoms with Crippen LogP contribution >= 0.6 is 11.3 Å². The smallest absolute Gasteiger partial charge is 0.257 e. The standard InChI is InChI=1S/C14H17N3O2S/c18-13(10-5-2-1-3-6-10)15-9-12-16-17-14(19-12)11-7-4-8-20-11/h4,7-8,10H,1-3,5-6,9H2,(H,15,18). The van der Waals surface area contributed by atoms with Crippen LogP contribution in [0.5, 0.6) is 0 Å². The Kier molecular flexibility index (Phi) is 4.11. The first-order valence-corrected chi connectivity index (χ1v) is 7.85. The maximum Gasteiger partial charge on any atom is 0.257 e. The van der Waals surface area contributed by atoms with E-state index in [1.54, 1.807) is 11.3 Å². The number of aromatic nitrogens is 2. The number of nitrogens with one attached hydrogen (secondary N) is 1. The van der Waals surface area contributed by atoms with Crippen molar-refractivity contribution in [3.8, 4) is 10.8 Å². The second-order valence-corrected chi connectivity index (χ2v) is 5.98. The largest absolute Gasteiger partial charge is 0.418 e. The van der Waals surface area contributed by atoms with Crippen molar-refractivity contribution in [1.82, 2.24) is 15.5 Å². The highest BCUT2D eigenvalue weighted by Gasteiger charge is 2.21. The molecule has 1 fully saturated rings. The second kappa shape index (κ2) is 6.17. The topological polar surface area (TPSA) is 68.0 Å². The van der Waals surface area contributed by atoms with Crippen molar-refractivity contribution in [3.05, 3.63) is 23.4 Å². The van der Waals surface area contributed by atoms with E-state index >= 15 is 0 Å². The molecule has 3 rings (SSSR count). The van der Waals surface area contributed by atoms with Gasteiger partial charge in [0.1, 0.15) is 0 Å². The van der Waals surface area contributed by atoms with Crippen LogP contribution in [0, 0.1) is 5.92 Å². The van der Waals surface area contributed by atoms with Gasteiger partial charge in [-0.1, -0.05) is 25.3 Å². The third-order valence-corrected chi connectivity index (χ3v) is 4.45. The van der Waals surface area contributed by atoms with E-state index in [1.807, 2.05) is 17.5 Å². The molecule has 0 aromatic carbocycles. The minimum Gasteiger partial charge on any atom is -0.418 e. The van der Waals surface area contributed by atoms with Gasteiger partial charge in [0.2, 0.25) is 11.8 Å². The van der Waals surface area contributed by atoms with E-state index in [2.05, 4.69) is 15.5 Å². The van der Waals surface area contributed by atoms with Gasteiger partial charge in [0.15, 0.2) is 0 Å². The Balaban J connectivity index is 1.54. The fourth-order valence-corrected chi connectivity index (χ4v) is 3.14. The van der Waals surface area contributed by atoms with Crippen molar-refractivity contribution in [2.24, 2.45) is 5.92 Å².